The van der Waals surface area contributed by atoms with E-state index in [1.165, 1.54) is 29.3 Å². The van der Waals surface area contributed by atoms with Crippen molar-refractivity contribution in [3.8, 4) is 0 Å². The highest BCUT2D eigenvalue weighted by Crippen LogP contribution is 2.38. The second-order valence-corrected chi connectivity index (χ2v) is 11.0. The number of fused-ring (bicyclic) bond motifs is 1. The number of nitrogens with zero attached hydrogens (tertiary/aromatic N) is 4. The molecule has 194 valence electrons. The van der Waals surface area contributed by atoms with Crippen LogP contribution in [0.15, 0.2) is 28.0 Å². The zero-order valence-electron chi connectivity index (χ0n) is 20.6. The van der Waals surface area contributed by atoms with Crippen molar-refractivity contribution in [3.63, 3.8) is 0 Å². The van der Waals surface area contributed by atoms with E-state index in [0.29, 0.717) is 28.0 Å². The van der Waals surface area contributed by atoms with Crippen molar-refractivity contribution in [3.05, 3.63) is 44.7 Å². The lowest BCUT2D eigenvalue weighted by Crippen LogP contribution is -2.57. The summed E-state index contributed by atoms with van der Waals surface area (Å²) in [6.45, 7) is 2.48. The van der Waals surface area contributed by atoms with Crippen molar-refractivity contribution < 1.29 is 19.1 Å². The number of carbonyl (C=O) groups excluding carboxylic acids is 3. The van der Waals surface area contributed by atoms with Gasteiger partial charge in [0.25, 0.3) is 11.5 Å². The Morgan fingerprint density at radius 3 is 2.78 bits per heavy atom. The first kappa shape index (κ1) is 25.4. The Balaban J connectivity index is 1.66. The Bertz CT molecular complexity index is 1400. The van der Waals surface area contributed by atoms with Crippen molar-refractivity contribution in [1.29, 1.82) is 0 Å². The molecule has 3 fully saturated rings. The lowest BCUT2D eigenvalue weighted by molar-refractivity contribution is -0.143. The summed E-state index contributed by atoms with van der Waals surface area (Å²) in [6, 6.07) is 2.75. The summed E-state index contributed by atoms with van der Waals surface area (Å²) < 4.78 is 6.73. The van der Waals surface area contributed by atoms with Gasteiger partial charge >= 0.3 is 5.97 Å². The molecule has 1 saturated carbocycles. The minimum atomic E-state index is -0.917. The zero-order valence-corrected chi connectivity index (χ0v) is 22.2. The molecule has 37 heavy (non-hydrogen) atoms. The molecular weight excluding hydrogens is 514 g/mol. The van der Waals surface area contributed by atoms with Crippen LogP contribution in [0.5, 0.6) is 0 Å². The molecule has 0 bridgehead atoms. The van der Waals surface area contributed by atoms with Gasteiger partial charge in [0.2, 0.25) is 5.91 Å². The number of thioether (sulfide) groups is 1. The molecule has 4 heterocycles. The minimum absolute atomic E-state index is 0.0755. The molecule has 3 aliphatic rings. The van der Waals surface area contributed by atoms with Crippen molar-refractivity contribution in [2.45, 2.75) is 51.1 Å². The third kappa shape index (κ3) is 4.63. The molecular formula is C25H27N5O5S2. The molecule has 1 atom stereocenters. The number of esters is 1. The number of piperazine rings is 1. The van der Waals surface area contributed by atoms with E-state index in [1.807, 2.05) is 13.0 Å². The third-order valence-electron chi connectivity index (χ3n) is 7.04. The Hall–Kier alpha value is -3.25. The van der Waals surface area contributed by atoms with Gasteiger partial charge in [-0.25, -0.2) is 4.98 Å². The van der Waals surface area contributed by atoms with Crippen molar-refractivity contribution in [1.82, 2.24) is 19.6 Å². The average molecular weight is 542 g/mol. The van der Waals surface area contributed by atoms with E-state index in [9.17, 15) is 19.2 Å². The molecule has 12 heteroatoms. The lowest BCUT2D eigenvalue weighted by atomic mass is 10.1. The quantitative estimate of drug-likeness (QED) is 0.345. The Morgan fingerprint density at radius 2 is 2.05 bits per heavy atom. The van der Waals surface area contributed by atoms with E-state index in [-0.39, 0.29) is 41.2 Å². The maximum Gasteiger partial charge on any atom is 0.308 e. The first-order valence-corrected chi connectivity index (χ1v) is 13.4. The SMILES string of the molecule is COC(=O)C[C@@H]1C(=O)NCCN1c1nc2c(C)cccn2c(=O)c1/C=C1\SC(=S)N(C2CCCC2)C1=O. The number of pyridine rings is 1. The van der Waals surface area contributed by atoms with E-state index in [1.54, 1.807) is 22.1 Å². The van der Waals surface area contributed by atoms with Crippen LogP contribution in [0, 0.1) is 6.92 Å². The minimum Gasteiger partial charge on any atom is -0.469 e. The Kier molecular flexibility index (Phi) is 7.04. The lowest BCUT2D eigenvalue weighted by Gasteiger charge is -2.36. The molecule has 1 N–H and O–H groups in total. The number of aromatic nitrogens is 2. The van der Waals surface area contributed by atoms with E-state index < -0.39 is 12.0 Å². The normalized spacial score (nSPS) is 21.8. The highest BCUT2D eigenvalue weighted by Gasteiger charge is 2.39. The Labute approximate surface area is 223 Å². The molecule has 2 aromatic heterocycles. The van der Waals surface area contributed by atoms with Crippen molar-refractivity contribution >= 4 is 63.6 Å². The van der Waals surface area contributed by atoms with Crippen LogP contribution in [0.25, 0.3) is 11.7 Å². The molecule has 2 aromatic rings. The summed E-state index contributed by atoms with van der Waals surface area (Å²) in [7, 11) is 1.26. The van der Waals surface area contributed by atoms with Crippen LogP contribution in [0.3, 0.4) is 0 Å². The molecule has 5 rings (SSSR count). The fourth-order valence-electron chi connectivity index (χ4n) is 5.15. The molecule has 0 unspecified atom stereocenters. The topological polar surface area (TPSA) is 113 Å². The summed E-state index contributed by atoms with van der Waals surface area (Å²) in [5.41, 5.74) is 0.990. The first-order valence-electron chi connectivity index (χ1n) is 12.2. The molecule has 2 saturated heterocycles. The summed E-state index contributed by atoms with van der Waals surface area (Å²) in [6.07, 6.45) is 6.87. The largest absolute Gasteiger partial charge is 0.469 e. The number of hydrogen-bond acceptors (Lipinski definition) is 9. The van der Waals surface area contributed by atoms with Crippen LogP contribution >= 0.6 is 24.0 Å². The highest BCUT2D eigenvalue weighted by atomic mass is 32.2. The number of ether oxygens (including phenoxy) is 1. The molecule has 0 aromatic carbocycles. The summed E-state index contributed by atoms with van der Waals surface area (Å²) in [5.74, 6) is -0.889. The van der Waals surface area contributed by atoms with Gasteiger partial charge in [0.05, 0.1) is 24.0 Å². The zero-order chi connectivity index (χ0) is 26.3. The molecule has 2 aliphatic heterocycles. The summed E-state index contributed by atoms with van der Waals surface area (Å²) >= 11 is 6.71. The third-order valence-corrected chi connectivity index (χ3v) is 8.37. The predicted octanol–water partition coefficient (Wildman–Crippen LogP) is 2.01. The van der Waals surface area contributed by atoms with Crippen LogP contribution in [0.1, 0.15) is 43.2 Å². The van der Waals surface area contributed by atoms with E-state index in [4.69, 9.17) is 21.9 Å². The molecule has 10 nitrogen and oxygen atoms in total. The number of methoxy groups -OCH3 is 1. The van der Waals surface area contributed by atoms with E-state index in [0.717, 1.165) is 31.2 Å². The smallest absolute Gasteiger partial charge is 0.308 e. The molecule has 2 amide bonds. The number of thiocarbonyl (C=S) groups is 1. The maximum atomic E-state index is 13.8. The maximum absolute atomic E-state index is 13.8. The number of amides is 2. The number of aryl methyl sites for hydroxylation is 1. The van der Waals surface area contributed by atoms with Gasteiger partial charge in [-0.05, 0) is 37.5 Å². The molecule has 0 spiro atoms. The fourth-order valence-corrected chi connectivity index (χ4v) is 6.53. The number of hydrogen-bond donors (Lipinski definition) is 1. The number of nitrogens with one attached hydrogen (secondary N) is 1. The predicted molar refractivity (Wildman–Crippen MR) is 144 cm³/mol. The van der Waals surface area contributed by atoms with Gasteiger partial charge in [0.1, 0.15) is 21.8 Å². The van der Waals surface area contributed by atoms with Gasteiger partial charge in [-0.2, -0.15) is 0 Å². The second-order valence-electron chi connectivity index (χ2n) is 9.31. The van der Waals surface area contributed by atoms with E-state index >= 15 is 0 Å². The van der Waals surface area contributed by atoms with Gasteiger partial charge in [0, 0.05) is 25.3 Å². The number of carbonyl (C=O) groups is 3. The van der Waals surface area contributed by atoms with Gasteiger partial charge in [-0.3, -0.25) is 28.5 Å². The number of anilines is 1. The van der Waals surface area contributed by atoms with Gasteiger partial charge in [-0.1, -0.05) is 42.9 Å². The van der Waals surface area contributed by atoms with Crippen LogP contribution in [-0.4, -0.2) is 68.7 Å². The van der Waals surface area contributed by atoms with E-state index in [2.05, 4.69) is 5.32 Å². The molecule has 1 aliphatic carbocycles. The van der Waals surface area contributed by atoms with Gasteiger partial charge in [0.15, 0.2) is 0 Å². The number of rotatable bonds is 5. The first-order chi connectivity index (χ1) is 17.8. The Morgan fingerprint density at radius 1 is 1.30 bits per heavy atom. The van der Waals surface area contributed by atoms with Crippen molar-refractivity contribution in [2.75, 3.05) is 25.1 Å². The molecule has 0 radical (unpaired) electrons. The van der Waals surface area contributed by atoms with Crippen molar-refractivity contribution in [2.24, 2.45) is 0 Å². The average Bonchev–Trinajstić information content (AvgIpc) is 3.50. The van der Waals surface area contributed by atoms with Crippen LogP contribution in [0.2, 0.25) is 0 Å². The standard InChI is InChI=1S/C25H27N5O5S2/c1-14-6-5-10-29-20(14)27-21(28-11-9-26-22(32)17(28)13-19(31)35-2)16(23(29)33)12-18-24(34)30(25(36)37-18)15-7-3-4-8-15/h5-6,10,12,15,17H,3-4,7-9,11,13H2,1-2H3,(H,26,32)/b18-12-/t17-/m1/s1. The van der Waals surface area contributed by atoms with Crippen LogP contribution < -0.4 is 15.8 Å². The van der Waals surface area contributed by atoms with Crippen LogP contribution in [0.4, 0.5) is 5.82 Å². The summed E-state index contributed by atoms with van der Waals surface area (Å²) in [5, 5.41) is 2.77. The summed E-state index contributed by atoms with van der Waals surface area (Å²) in [4.78, 5) is 60.7. The van der Waals surface area contributed by atoms with Crippen LogP contribution in [-0.2, 0) is 19.1 Å². The monoisotopic (exact) mass is 541 g/mol. The van der Waals surface area contributed by atoms with Gasteiger partial charge in [-0.15, -0.1) is 0 Å². The highest BCUT2D eigenvalue weighted by molar-refractivity contribution is 8.26. The fraction of sp³-hybridized carbons (Fsp3) is 0.440. The van der Waals surface area contributed by atoms with Gasteiger partial charge < -0.3 is 15.0 Å². The second kappa shape index (κ2) is 10.3.